The highest BCUT2D eigenvalue weighted by Gasteiger charge is 2.38. The van der Waals surface area contributed by atoms with Gasteiger partial charge in [0.25, 0.3) is 5.91 Å². The zero-order valence-corrected chi connectivity index (χ0v) is 17.7. The third kappa shape index (κ3) is 3.38. The molecule has 1 aliphatic heterocycles. The Morgan fingerprint density at radius 1 is 1.07 bits per heavy atom. The zero-order chi connectivity index (χ0) is 21.4. The van der Waals surface area contributed by atoms with Crippen molar-refractivity contribution >= 4 is 23.2 Å². The minimum atomic E-state index is -0.145. The number of para-hydroxylation sites is 2. The fraction of sp³-hybridized carbons (Fsp3) is 0.292. The summed E-state index contributed by atoms with van der Waals surface area (Å²) in [6, 6.07) is 19.2. The molecule has 1 aliphatic rings. The molecule has 2 aromatic carbocycles. The lowest BCUT2D eigenvalue weighted by Gasteiger charge is -2.43. The van der Waals surface area contributed by atoms with E-state index in [1.165, 1.54) is 0 Å². The van der Waals surface area contributed by atoms with Crippen LogP contribution in [0.5, 0.6) is 0 Å². The standard InChI is InChI=1S/C24H26N4O2/c1-16-14-23(26(4)25-16)24(30)27-17(2)15-22(20-12-8-9-13-21(20)27)28(18(3)29)19-10-6-5-7-11-19/h5-14,17,22H,15H2,1-4H3/t17-,22+/m0/s1. The summed E-state index contributed by atoms with van der Waals surface area (Å²) >= 11 is 0. The summed E-state index contributed by atoms with van der Waals surface area (Å²) in [7, 11) is 1.79. The predicted molar refractivity (Wildman–Crippen MR) is 118 cm³/mol. The number of nitrogens with zero attached hydrogens (tertiary/aromatic N) is 4. The second-order valence-corrected chi connectivity index (χ2v) is 7.85. The number of aromatic nitrogens is 2. The van der Waals surface area contributed by atoms with Gasteiger partial charge >= 0.3 is 0 Å². The lowest BCUT2D eigenvalue weighted by molar-refractivity contribution is -0.117. The van der Waals surface area contributed by atoms with E-state index in [1.807, 2.05) is 84.3 Å². The quantitative estimate of drug-likeness (QED) is 0.658. The van der Waals surface area contributed by atoms with E-state index in [2.05, 4.69) is 5.10 Å². The van der Waals surface area contributed by atoms with E-state index >= 15 is 0 Å². The average Bonchev–Trinajstić information content (AvgIpc) is 3.06. The van der Waals surface area contributed by atoms with Gasteiger partial charge in [-0.2, -0.15) is 5.10 Å². The number of carbonyl (C=O) groups excluding carboxylic acids is 2. The Labute approximate surface area is 176 Å². The molecule has 4 rings (SSSR count). The van der Waals surface area contributed by atoms with Crippen LogP contribution in [0.3, 0.4) is 0 Å². The van der Waals surface area contributed by atoms with Gasteiger partial charge in [-0.3, -0.25) is 14.3 Å². The molecule has 0 aliphatic carbocycles. The topological polar surface area (TPSA) is 58.4 Å². The maximum atomic E-state index is 13.5. The van der Waals surface area contributed by atoms with Crippen molar-refractivity contribution in [2.75, 3.05) is 9.80 Å². The first-order valence-electron chi connectivity index (χ1n) is 10.2. The first-order chi connectivity index (χ1) is 14.4. The third-order valence-corrected chi connectivity index (χ3v) is 5.69. The van der Waals surface area contributed by atoms with Crippen molar-refractivity contribution in [1.82, 2.24) is 9.78 Å². The monoisotopic (exact) mass is 402 g/mol. The van der Waals surface area contributed by atoms with Crippen LogP contribution in [0.2, 0.25) is 0 Å². The molecule has 30 heavy (non-hydrogen) atoms. The Balaban J connectivity index is 1.80. The Morgan fingerprint density at radius 3 is 2.37 bits per heavy atom. The van der Waals surface area contributed by atoms with Crippen LogP contribution in [0.25, 0.3) is 0 Å². The van der Waals surface area contributed by atoms with Gasteiger partial charge in [0.2, 0.25) is 5.91 Å². The Bertz CT molecular complexity index is 1090. The van der Waals surface area contributed by atoms with Gasteiger partial charge in [0.05, 0.1) is 11.7 Å². The van der Waals surface area contributed by atoms with Gasteiger partial charge in [0, 0.05) is 31.4 Å². The molecule has 0 saturated heterocycles. The summed E-state index contributed by atoms with van der Waals surface area (Å²) < 4.78 is 1.63. The summed E-state index contributed by atoms with van der Waals surface area (Å²) in [5.41, 5.74) is 4.04. The highest BCUT2D eigenvalue weighted by Crippen LogP contribution is 2.42. The fourth-order valence-electron chi connectivity index (χ4n) is 4.44. The van der Waals surface area contributed by atoms with E-state index in [4.69, 9.17) is 0 Å². The third-order valence-electron chi connectivity index (χ3n) is 5.69. The van der Waals surface area contributed by atoms with E-state index in [1.54, 1.807) is 18.7 Å². The number of benzene rings is 2. The van der Waals surface area contributed by atoms with Gasteiger partial charge < -0.3 is 9.80 Å². The Kier molecular flexibility index (Phi) is 5.16. The van der Waals surface area contributed by atoms with E-state index in [9.17, 15) is 9.59 Å². The van der Waals surface area contributed by atoms with Crippen molar-refractivity contribution < 1.29 is 9.59 Å². The molecule has 0 bridgehead atoms. The summed E-state index contributed by atoms with van der Waals surface area (Å²) in [6.07, 6.45) is 0.647. The van der Waals surface area contributed by atoms with Crippen LogP contribution in [0.1, 0.15) is 48.1 Å². The van der Waals surface area contributed by atoms with E-state index in [0.717, 1.165) is 22.6 Å². The molecule has 6 nitrogen and oxygen atoms in total. The van der Waals surface area contributed by atoms with E-state index in [-0.39, 0.29) is 23.9 Å². The van der Waals surface area contributed by atoms with Gasteiger partial charge in [-0.25, -0.2) is 0 Å². The molecular weight excluding hydrogens is 376 g/mol. The predicted octanol–water partition coefficient (Wildman–Crippen LogP) is 4.26. The first-order valence-corrected chi connectivity index (χ1v) is 10.2. The van der Waals surface area contributed by atoms with Crippen molar-refractivity contribution in [3.63, 3.8) is 0 Å². The van der Waals surface area contributed by atoms with Crippen molar-refractivity contribution in [2.45, 2.75) is 39.3 Å². The summed E-state index contributed by atoms with van der Waals surface area (Å²) in [5.74, 6) is -0.0965. The number of hydrogen-bond donors (Lipinski definition) is 0. The highest BCUT2D eigenvalue weighted by atomic mass is 16.2. The number of carbonyl (C=O) groups is 2. The van der Waals surface area contributed by atoms with Crippen LogP contribution in [0, 0.1) is 6.92 Å². The number of anilines is 2. The summed E-state index contributed by atoms with van der Waals surface area (Å²) in [6.45, 7) is 5.51. The van der Waals surface area contributed by atoms with Crippen LogP contribution < -0.4 is 9.80 Å². The molecule has 0 fully saturated rings. The van der Waals surface area contributed by atoms with Crippen molar-refractivity contribution in [3.05, 3.63) is 77.6 Å². The molecule has 0 unspecified atom stereocenters. The normalized spacial score (nSPS) is 18.1. The zero-order valence-electron chi connectivity index (χ0n) is 17.7. The maximum absolute atomic E-state index is 13.5. The van der Waals surface area contributed by atoms with Gasteiger partial charge in [0.1, 0.15) is 5.69 Å². The van der Waals surface area contributed by atoms with Gasteiger partial charge in [0.15, 0.2) is 0 Å². The SMILES string of the molecule is CC(=O)N(c1ccccc1)[C@@H]1C[C@H](C)N(C(=O)c2cc(C)nn2C)c2ccccc21. The molecule has 2 atom stereocenters. The largest absolute Gasteiger partial charge is 0.305 e. The first kappa shape index (κ1) is 19.9. The summed E-state index contributed by atoms with van der Waals surface area (Å²) in [4.78, 5) is 29.8. The summed E-state index contributed by atoms with van der Waals surface area (Å²) in [5, 5.41) is 4.33. The molecule has 0 radical (unpaired) electrons. The molecule has 0 spiro atoms. The molecule has 0 saturated carbocycles. The molecule has 154 valence electrons. The molecular formula is C24H26N4O2. The molecule has 3 aromatic rings. The fourth-order valence-corrected chi connectivity index (χ4v) is 4.44. The Morgan fingerprint density at radius 2 is 1.73 bits per heavy atom. The van der Waals surface area contributed by atoms with Crippen LogP contribution in [-0.4, -0.2) is 27.6 Å². The second-order valence-electron chi connectivity index (χ2n) is 7.85. The number of fused-ring (bicyclic) bond motifs is 1. The number of rotatable bonds is 3. The number of hydrogen-bond acceptors (Lipinski definition) is 3. The van der Waals surface area contributed by atoms with Crippen molar-refractivity contribution in [3.8, 4) is 0 Å². The lowest BCUT2D eigenvalue weighted by Crippen LogP contribution is -2.47. The molecule has 2 heterocycles. The molecule has 6 heteroatoms. The lowest BCUT2D eigenvalue weighted by atomic mass is 9.89. The van der Waals surface area contributed by atoms with E-state index < -0.39 is 0 Å². The van der Waals surface area contributed by atoms with Gasteiger partial charge in [-0.1, -0.05) is 36.4 Å². The van der Waals surface area contributed by atoms with Crippen LogP contribution in [-0.2, 0) is 11.8 Å². The number of aryl methyl sites for hydroxylation is 2. The highest BCUT2D eigenvalue weighted by molar-refractivity contribution is 6.06. The number of amides is 2. The molecule has 1 aromatic heterocycles. The van der Waals surface area contributed by atoms with Crippen LogP contribution >= 0.6 is 0 Å². The minimum absolute atomic E-state index is 0.0183. The average molecular weight is 402 g/mol. The minimum Gasteiger partial charge on any atom is -0.305 e. The van der Waals surface area contributed by atoms with Crippen molar-refractivity contribution in [2.24, 2.45) is 7.05 Å². The van der Waals surface area contributed by atoms with Crippen molar-refractivity contribution in [1.29, 1.82) is 0 Å². The molecule has 2 amide bonds. The maximum Gasteiger partial charge on any atom is 0.276 e. The smallest absolute Gasteiger partial charge is 0.276 e. The van der Waals surface area contributed by atoms with Crippen LogP contribution in [0.4, 0.5) is 11.4 Å². The van der Waals surface area contributed by atoms with Gasteiger partial charge in [-0.15, -0.1) is 0 Å². The second kappa shape index (κ2) is 7.78. The van der Waals surface area contributed by atoms with E-state index in [0.29, 0.717) is 12.1 Å². The van der Waals surface area contributed by atoms with Crippen LogP contribution in [0.15, 0.2) is 60.7 Å². The van der Waals surface area contributed by atoms with Gasteiger partial charge in [-0.05, 0) is 50.1 Å². The Hall–Kier alpha value is -3.41. The molecule has 0 N–H and O–H groups in total.